The number of fused-ring (bicyclic) bond motifs is 2. The van der Waals surface area contributed by atoms with Crippen LogP contribution in [0.2, 0.25) is 0 Å². The molecule has 1 N–H and O–H groups in total. The topological polar surface area (TPSA) is 41.6 Å². The van der Waals surface area contributed by atoms with Crippen LogP contribution in [0, 0.1) is 5.41 Å². The Morgan fingerprint density at radius 3 is 2.54 bits per heavy atom. The minimum absolute atomic E-state index is 0.115. The van der Waals surface area contributed by atoms with Crippen LogP contribution in [0.4, 0.5) is 0 Å². The maximum atomic E-state index is 4.70. The molecular weight excluding hydrogens is 294 g/mol. The normalized spacial score (nSPS) is 25.1. The molecule has 3 heteroatoms. The number of aromatic nitrogens is 3. The fourth-order valence-electron chi connectivity index (χ4n) is 4.39. The van der Waals surface area contributed by atoms with Crippen LogP contribution in [-0.4, -0.2) is 15.2 Å². The summed E-state index contributed by atoms with van der Waals surface area (Å²) in [5.41, 5.74) is 4.95. The molecule has 2 atom stereocenters. The lowest BCUT2D eigenvalue weighted by atomic mass is 9.63. The van der Waals surface area contributed by atoms with E-state index in [2.05, 4.69) is 69.1 Å². The van der Waals surface area contributed by atoms with Crippen molar-refractivity contribution in [1.82, 2.24) is 15.2 Å². The molecule has 0 aliphatic heterocycles. The van der Waals surface area contributed by atoms with Crippen molar-refractivity contribution in [3.63, 3.8) is 0 Å². The smallest absolute Gasteiger partial charge is 0.114 e. The Bertz CT molecular complexity index is 922. The number of H-pyrrole nitrogens is 1. The predicted octanol–water partition coefficient (Wildman–Crippen LogP) is 5.44. The third kappa shape index (κ3) is 1.78. The number of benzene rings is 1. The molecule has 1 aromatic carbocycles. The first-order valence-corrected chi connectivity index (χ1v) is 8.84. The van der Waals surface area contributed by atoms with E-state index in [0.717, 1.165) is 17.8 Å². The van der Waals surface area contributed by atoms with Crippen molar-refractivity contribution in [2.75, 3.05) is 0 Å². The van der Waals surface area contributed by atoms with E-state index in [4.69, 9.17) is 4.98 Å². The largest absolute Gasteiger partial charge is 0.281 e. The summed E-state index contributed by atoms with van der Waals surface area (Å²) in [4.78, 5) is 4.70. The highest BCUT2D eigenvalue weighted by Crippen LogP contribution is 2.60. The van der Waals surface area contributed by atoms with E-state index >= 15 is 0 Å². The van der Waals surface area contributed by atoms with Crippen LogP contribution in [0.15, 0.2) is 36.5 Å². The second kappa shape index (κ2) is 4.92. The van der Waals surface area contributed by atoms with Gasteiger partial charge in [0.2, 0.25) is 0 Å². The standard InChI is InChI=1S/C21H25N3/c1-6-21(5)19-17(13(2)20(21,3)4)18(23-24-19)16-11-14-9-7-8-10-15(14)12-22-16/h7-13H,6H2,1-5H3,(H,23,24). The van der Waals surface area contributed by atoms with E-state index < -0.39 is 0 Å². The molecule has 3 nitrogen and oxygen atoms in total. The highest BCUT2D eigenvalue weighted by Gasteiger charge is 2.54. The van der Waals surface area contributed by atoms with Crippen molar-refractivity contribution in [2.45, 2.75) is 52.4 Å². The maximum Gasteiger partial charge on any atom is 0.114 e. The number of aromatic amines is 1. The molecule has 24 heavy (non-hydrogen) atoms. The molecule has 0 radical (unpaired) electrons. The van der Waals surface area contributed by atoms with E-state index in [0.29, 0.717) is 5.92 Å². The molecular formula is C21H25N3. The molecule has 4 rings (SSSR count). The van der Waals surface area contributed by atoms with Crippen molar-refractivity contribution in [3.05, 3.63) is 47.8 Å². The van der Waals surface area contributed by atoms with Crippen molar-refractivity contribution < 1.29 is 0 Å². The van der Waals surface area contributed by atoms with Gasteiger partial charge in [0.15, 0.2) is 0 Å². The first-order chi connectivity index (χ1) is 11.4. The Kier molecular flexibility index (Phi) is 3.15. The fraction of sp³-hybridized carbons (Fsp3) is 0.429. The summed E-state index contributed by atoms with van der Waals surface area (Å²) in [6.07, 6.45) is 3.06. The van der Waals surface area contributed by atoms with Gasteiger partial charge in [-0.3, -0.25) is 10.1 Å². The van der Waals surface area contributed by atoms with Gasteiger partial charge in [-0.05, 0) is 29.2 Å². The minimum Gasteiger partial charge on any atom is -0.281 e. The van der Waals surface area contributed by atoms with Crippen molar-refractivity contribution in [1.29, 1.82) is 0 Å². The summed E-state index contributed by atoms with van der Waals surface area (Å²) in [7, 11) is 0. The number of nitrogens with one attached hydrogen (secondary N) is 1. The summed E-state index contributed by atoms with van der Waals surface area (Å²) in [5.74, 6) is 0.444. The lowest BCUT2D eigenvalue weighted by molar-refractivity contribution is 0.162. The summed E-state index contributed by atoms with van der Waals surface area (Å²) >= 11 is 0. The molecule has 124 valence electrons. The van der Waals surface area contributed by atoms with E-state index in [1.54, 1.807) is 0 Å². The molecule has 0 bridgehead atoms. The van der Waals surface area contributed by atoms with Gasteiger partial charge in [-0.1, -0.05) is 58.9 Å². The first kappa shape index (κ1) is 15.4. The zero-order valence-corrected chi connectivity index (χ0v) is 15.1. The number of hydrogen-bond donors (Lipinski definition) is 1. The molecule has 2 unspecified atom stereocenters. The van der Waals surface area contributed by atoms with Gasteiger partial charge in [-0.15, -0.1) is 0 Å². The monoisotopic (exact) mass is 319 g/mol. The average Bonchev–Trinajstić information content (AvgIpc) is 3.09. The maximum absolute atomic E-state index is 4.70. The quantitative estimate of drug-likeness (QED) is 0.683. The third-order valence-electron chi connectivity index (χ3n) is 6.87. The Labute approximate surface area is 143 Å². The van der Waals surface area contributed by atoms with Crippen molar-refractivity contribution in [2.24, 2.45) is 5.41 Å². The van der Waals surface area contributed by atoms with Gasteiger partial charge in [0.1, 0.15) is 5.69 Å². The zero-order chi connectivity index (χ0) is 17.1. The summed E-state index contributed by atoms with van der Waals surface area (Å²) in [5, 5.41) is 10.4. The van der Waals surface area contributed by atoms with Crippen LogP contribution in [0.3, 0.4) is 0 Å². The predicted molar refractivity (Wildman–Crippen MR) is 99.2 cm³/mol. The van der Waals surface area contributed by atoms with Crippen LogP contribution in [0.1, 0.15) is 58.2 Å². The average molecular weight is 319 g/mol. The fourth-order valence-corrected chi connectivity index (χ4v) is 4.39. The Morgan fingerprint density at radius 1 is 1.12 bits per heavy atom. The van der Waals surface area contributed by atoms with E-state index in [1.165, 1.54) is 22.0 Å². The molecule has 2 aromatic heterocycles. The lowest BCUT2D eigenvalue weighted by Crippen LogP contribution is -2.37. The van der Waals surface area contributed by atoms with Gasteiger partial charge in [0.05, 0.1) is 5.69 Å². The summed E-state index contributed by atoms with van der Waals surface area (Å²) < 4.78 is 0. The highest BCUT2D eigenvalue weighted by atomic mass is 15.1. The van der Waals surface area contributed by atoms with E-state index in [-0.39, 0.29) is 10.8 Å². The SMILES string of the molecule is CCC1(C)c2[nH]nc(-c3cc4ccccc4cn3)c2C(C)C1(C)C. The molecule has 0 spiro atoms. The number of hydrogen-bond acceptors (Lipinski definition) is 2. The zero-order valence-electron chi connectivity index (χ0n) is 15.1. The molecule has 0 fully saturated rings. The lowest BCUT2D eigenvalue weighted by Gasteiger charge is -2.40. The van der Waals surface area contributed by atoms with Gasteiger partial charge in [0.25, 0.3) is 0 Å². The minimum atomic E-state index is 0.115. The molecule has 3 aromatic rings. The Balaban J connectivity index is 1.92. The van der Waals surface area contributed by atoms with Crippen LogP contribution in [0.5, 0.6) is 0 Å². The second-order valence-electron chi connectivity index (χ2n) is 7.91. The van der Waals surface area contributed by atoms with Gasteiger partial charge in [0, 0.05) is 28.3 Å². The summed E-state index contributed by atoms with van der Waals surface area (Å²) in [6.45, 7) is 11.7. The van der Waals surface area contributed by atoms with Crippen LogP contribution in [0.25, 0.3) is 22.2 Å². The van der Waals surface area contributed by atoms with Gasteiger partial charge in [-0.2, -0.15) is 5.10 Å². The molecule has 1 aliphatic carbocycles. The van der Waals surface area contributed by atoms with Gasteiger partial charge in [-0.25, -0.2) is 0 Å². The van der Waals surface area contributed by atoms with Gasteiger partial charge < -0.3 is 0 Å². The summed E-state index contributed by atoms with van der Waals surface area (Å²) in [6, 6.07) is 10.5. The molecule has 0 saturated carbocycles. The van der Waals surface area contributed by atoms with Crippen molar-refractivity contribution >= 4 is 10.8 Å². The van der Waals surface area contributed by atoms with Crippen LogP contribution in [-0.2, 0) is 5.41 Å². The molecule has 1 aliphatic rings. The van der Waals surface area contributed by atoms with Gasteiger partial charge >= 0.3 is 0 Å². The molecule has 2 heterocycles. The number of rotatable bonds is 2. The van der Waals surface area contributed by atoms with Crippen LogP contribution >= 0.6 is 0 Å². The Morgan fingerprint density at radius 2 is 1.83 bits per heavy atom. The number of pyridine rings is 1. The third-order valence-corrected chi connectivity index (χ3v) is 6.87. The Hall–Kier alpha value is -2.16. The number of nitrogens with zero attached hydrogens (tertiary/aromatic N) is 2. The van der Waals surface area contributed by atoms with Crippen LogP contribution < -0.4 is 0 Å². The highest BCUT2D eigenvalue weighted by molar-refractivity contribution is 5.85. The van der Waals surface area contributed by atoms with E-state index in [9.17, 15) is 0 Å². The van der Waals surface area contributed by atoms with Crippen molar-refractivity contribution in [3.8, 4) is 11.4 Å². The first-order valence-electron chi connectivity index (χ1n) is 8.84. The molecule has 0 saturated heterocycles. The molecule has 0 amide bonds. The van der Waals surface area contributed by atoms with E-state index in [1.807, 2.05) is 12.3 Å². The second-order valence-corrected chi connectivity index (χ2v) is 7.91.